The molecule has 1 spiro atoms. The standard InChI is InChI=1S/C32H54NO4.Li.H2O/c1-22(2)8-7-9-23(3)26-10-11-27-25-20-29-32(37-29)21-24(36-19-17-33(6,35)16-18-34)12-15-31(32,5)28(25)13-14-30(26,27)4;;/h22-29H,7-17,19-21H2,1-6H3;;1H2/q-1;+1;/p-1/t23-,24+,25+,26-,27+,28+,29?,30-,31-,32?,33?;;/m1../s1. The summed E-state index contributed by atoms with van der Waals surface area (Å²) in [6.45, 7) is 13.1. The zero-order chi connectivity index (χ0) is 26.6. The van der Waals surface area contributed by atoms with Gasteiger partial charge in [-0.25, -0.2) is 6.29 Å². The van der Waals surface area contributed by atoms with Crippen molar-refractivity contribution in [2.75, 3.05) is 26.7 Å². The van der Waals surface area contributed by atoms with Crippen molar-refractivity contribution in [1.29, 1.82) is 0 Å². The first kappa shape index (κ1) is 33.6. The molecule has 1 N–H and O–H groups in total. The van der Waals surface area contributed by atoms with Gasteiger partial charge >= 0.3 is 18.9 Å². The molecule has 11 atom stereocenters. The van der Waals surface area contributed by atoms with E-state index in [0.29, 0.717) is 24.7 Å². The number of carbonyl (C=O) groups excluding carboxylic acids is 1. The second kappa shape index (κ2) is 12.4. The van der Waals surface area contributed by atoms with E-state index in [0.717, 1.165) is 48.3 Å². The minimum absolute atomic E-state index is 0. The fourth-order valence-electron chi connectivity index (χ4n) is 10.4. The number of ether oxygens (including phenoxy) is 2. The van der Waals surface area contributed by atoms with Gasteiger partial charge in [-0.2, -0.15) is 0 Å². The first-order valence-corrected chi connectivity index (χ1v) is 15.7. The van der Waals surface area contributed by atoms with Gasteiger partial charge in [-0.05, 0) is 92.4 Å². The molecule has 0 aromatic carbocycles. The second-order valence-electron chi connectivity index (χ2n) is 15.1. The molecule has 0 bridgehead atoms. The van der Waals surface area contributed by atoms with Crippen LogP contribution in [0.25, 0.3) is 0 Å². The van der Waals surface area contributed by atoms with Crippen LogP contribution in [0.1, 0.15) is 105 Å². The summed E-state index contributed by atoms with van der Waals surface area (Å²) in [5.41, 5.74) is 0.781. The maximum atomic E-state index is 12.3. The van der Waals surface area contributed by atoms with E-state index >= 15 is 0 Å². The number of hydroxylamine groups is 3. The Morgan fingerprint density at radius 3 is 2.51 bits per heavy atom. The van der Waals surface area contributed by atoms with E-state index in [1.165, 1.54) is 64.8 Å². The van der Waals surface area contributed by atoms with Gasteiger partial charge in [0.2, 0.25) is 0 Å². The average Bonchev–Trinajstić information content (AvgIpc) is 3.39. The summed E-state index contributed by atoms with van der Waals surface area (Å²) in [6.07, 6.45) is 16.6. The number of epoxide rings is 1. The molecule has 5 aliphatic rings. The smallest absolute Gasteiger partial charge is 0.870 e. The Morgan fingerprint density at radius 1 is 1.08 bits per heavy atom. The summed E-state index contributed by atoms with van der Waals surface area (Å²) < 4.78 is 12.4. The van der Waals surface area contributed by atoms with Crippen LogP contribution in [0.4, 0.5) is 0 Å². The molecule has 4 saturated carbocycles. The van der Waals surface area contributed by atoms with Crippen LogP contribution in [-0.2, 0) is 14.3 Å². The van der Waals surface area contributed by atoms with Crippen LogP contribution in [0.15, 0.2) is 0 Å². The van der Waals surface area contributed by atoms with E-state index in [-0.39, 0.29) is 48.0 Å². The summed E-state index contributed by atoms with van der Waals surface area (Å²) in [7, 11) is 1.53. The maximum Gasteiger partial charge on any atom is 1.00 e. The molecule has 0 radical (unpaired) electrons. The zero-order valence-corrected chi connectivity index (χ0v) is 26.0. The molecule has 1 heterocycles. The van der Waals surface area contributed by atoms with Gasteiger partial charge in [0.15, 0.2) is 0 Å². The Labute approximate surface area is 250 Å². The molecule has 7 heteroatoms. The van der Waals surface area contributed by atoms with Crippen LogP contribution in [-0.4, -0.2) is 61.0 Å². The van der Waals surface area contributed by atoms with Gasteiger partial charge in [0, 0.05) is 11.8 Å². The number of hydrogen-bond acceptors (Lipinski definition) is 5. The Hall–Kier alpha value is 0.0674. The Balaban J connectivity index is 0.00000210. The third-order valence-electron chi connectivity index (χ3n) is 12.6. The predicted octanol–water partition coefficient (Wildman–Crippen LogP) is 3.51. The molecule has 4 aliphatic carbocycles. The molecule has 3 unspecified atom stereocenters. The van der Waals surface area contributed by atoms with Gasteiger partial charge in [0.25, 0.3) is 0 Å². The Morgan fingerprint density at radius 2 is 1.82 bits per heavy atom. The molecule has 220 valence electrons. The predicted molar refractivity (Wildman–Crippen MR) is 149 cm³/mol. The van der Waals surface area contributed by atoms with Gasteiger partial charge in [-0.3, -0.25) is 0 Å². The molecular weight excluding hydrogens is 485 g/mol. The topological polar surface area (TPSA) is 91.9 Å². The van der Waals surface area contributed by atoms with Crippen molar-refractivity contribution in [3.8, 4) is 0 Å². The van der Waals surface area contributed by atoms with Gasteiger partial charge in [-0.15, -0.1) is 0 Å². The molecule has 6 nitrogen and oxygen atoms in total. The van der Waals surface area contributed by atoms with Crippen LogP contribution in [0.2, 0.25) is 0 Å². The van der Waals surface area contributed by atoms with E-state index in [2.05, 4.69) is 34.6 Å². The van der Waals surface area contributed by atoms with Gasteiger partial charge in [-0.1, -0.05) is 53.9 Å². The van der Waals surface area contributed by atoms with Crippen LogP contribution in [0.5, 0.6) is 0 Å². The third-order valence-corrected chi connectivity index (χ3v) is 12.6. The summed E-state index contributed by atoms with van der Waals surface area (Å²) in [6, 6.07) is 0. The molecule has 0 aromatic rings. The van der Waals surface area contributed by atoms with Crippen LogP contribution in [0, 0.1) is 51.5 Å². The number of quaternary nitrogens is 1. The molecule has 39 heavy (non-hydrogen) atoms. The van der Waals surface area contributed by atoms with Crippen LogP contribution >= 0.6 is 0 Å². The number of fused-ring (bicyclic) bond motifs is 4. The van der Waals surface area contributed by atoms with Crippen molar-refractivity contribution >= 4 is 6.29 Å². The largest absolute Gasteiger partial charge is 1.00 e. The van der Waals surface area contributed by atoms with E-state index in [1.807, 2.05) is 0 Å². The van der Waals surface area contributed by atoms with Crippen LogP contribution in [0.3, 0.4) is 0 Å². The van der Waals surface area contributed by atoms with E-state index in [4.69, 9.17) is 9.47 Å². The number of rotatable bonds is 11. The maximum absolute atomic E-state index is 12.3. The summed E-state index contributed by atoms with van der Waals surface area (Å²) >= 11 is 0. The number of likely N-dealkylation sites (N-methyl/N-ethyl adjacent to an activating group) is 1. The number of nitrogens with zero attached hydrogens (tertiary/aromatic N) is 1. The van der Waals surface area contributed by atoms with E-state index < -0.39 is 4.65 Å². The van der Waals surface area contributed by atoms with Crippen molar-refractivity contribution in [1.82, 2.24) is 0 Å². The van der Waals surface area contributed by atoms with Gasteiger partial charge in [0.1, 0.15) is 12.1 Å². The van der Waals surface area contributed by atoms with E-state index in [9.17, 15) is 10.0 Å². The molecule has 5 fully saturated rings. The molecule has 5 rings (SSSR count). The van der Waals surface area contributed by atoms with Crippen molar-refractivity contribution < 1.29 is 43.3 Å². The quantitative estimate of drug-likeness (QED) is 0.132. The Kier molecular flexibility index (Phi) is 10.6. The fraction of sp³-hybridized carbons (Fsp3) is 0.969. The average molecular weight is 541 g/mol. The minimum atomic E-state index is -0.598. The van der Waals surface area contributed by atoms with Crippen molar-refractivity contribution in [2.24, 2.45) is 46.3 Å². The monoisotopic (exact) mass is 540 g/mol. The first-order valence-electron chi connectivity index (χ1n) is 15.7. The minimum Gasteiger partial charge on any atom is -0.870 e. The summed E-state index contributed by atoms with van der Waals surface area (Å²) in [4.78, 5) is 10.6. The molecule has 0 amide bonds. The van der Waals surface area contributed by atoms with E-state index in [1.54, 1.807) is 6.29 Å². The fourth-order valence-corrected chi connectivity index (χ4v) is 10.4. The van der Waals surface area contributed by atoms with Crippen molar-refractivity contribution in [3.63, 3.8) is 0 Å². The number of hydrogen-bond donors (Lipinski definition) is 0. The van der Waals surface area contributed by atoms with Crippen LogP contribution < -0.4 is 18.9 Å². The summed E-state index contributed by atoms with van der Waals surface area (Å²) in [5.74, 6) is 5.06. The first-order chi connectivity index (χ1) is 17.5. The third kappa shape index (κ3) is 5.97. The molecule has 1 aliphatic heterocycles. The van der Waals surface area contributed by atoms with Gasteiger partial charge < -0.3 is 29.6 Å². The van der Waals surface area contributed by atoms with Crippen molar-refractivity contribution in [2.45, 2.75) is 123 Å². The zero-order valence-electron chi connectivity index (χ0n) is 26.0. The summed E-state index contributed by atoms with van der Waals surface area (Å²) in [5, 5.41) is 12.3. The van der Waals surface area contributed by atoms with Gasteiger partial charge in [0.05, 0.1) is 25.9 Å². The molecular formula is C32H55LiNO5-. The second-order valence-corrected chi connectivity index (χ2v) is 15.1. The normalized spacial score (nSPS) is 44.4. The van der Waals surface area contributed by atoms with Crippen molar-refractivity contribution in [3.05, 3.63) is 5.21 Å². The molecule has 1 saturated heterocycles. The SMILES string of the molecule is CC(C)CCC[C@@H](C)[C@H]1CC[C@H]2[C@@H]3CC4OC45C[C@@H](OCC[N+](C)([O-])C[C-]=O)CC[C@]5(C)[C@H]3CC[C@]12C.[Li+].[OH-]. The molecule has 0 aromatic heterocycles. The Bertz CT molecular complexity index is 839.